The van der Waals surface area contributed by atoms with Crippen LogP contribution in [0.4, 0.5) is 4.79 Å². The van der Waals surface area contributed by atoms with E-state index in [4.69, 9.17) is 14.0 Å². The maximum absolute atomic E-state index is 12.2. The normalized spacial score (nSPS) is 24.3. The van der Waals surface area contributed by atoms with E-state index in [1.54, 1.807) is 13.2 Å². The largest absolute Gasteiger partial charge is 1.00 e. The van der Waals surface area contributed by atoms with E-state index in [2.05, 4.69) is 4.28 Å². The number of fused-ring (bicyclic) bond motifs is 2. The molecule has 0 aromatic carbocycles. The molecule has 2 rings (SSSR count). The first-order chi connectivity index (χ1) is 9.87. The molecule has 1 fully saturated rings. The van der Waals surface area contributed by atoms with Crippen LogP contribution in [0.15, 0.2) is 11.6 Å². The fourth-order valence-electron chi connectivity index (χ4n) is 2.57. The number of hydroxylamine groups is 2. The van der Waals surface area contributed by atoms with Gasteiger partial charge in [-0.15, -0.1) is 4.28 Å². The maximum atomic E-state index is 12.2. The van der Waals surface area contributed by atoms with Crippen LogP contribution < -0.4 is 29.6 Å². The summed E-state index contributed by atoms with van der Waals surface area (Å²) in [6.45, 7) is 1.03. The van der Waals surface area contributed by atoms with Gasteiger partial charge in [-0.25, -0.2) is 4.79 Å². The van der Waals surface area contributed by atoms with Gasteiger partial charge in [0, 0.05) is 27.4 Å². The van der Waals surface area contributed by atoms with Crippen LogP contribution in [-0.4, -0.2) is 75.0 Å². The molecule has 122 valence electrons. The zero-order chi connectivity index (χ0) is 15.6. The Kier molecular flexibility index (Phi) is 7.27. The Balaban J connectivity index is 0.00000242. The molecule has 11 heteroatoms. The van der Waals surface area contributed by atoms with Crippen LogP contribution in [0, 0.1) is 0 Å². The molecule has 0 aromatic heterocycles. The summed E-state index contributed by atoms with van der Waals surface area (Å²) >= 11 is 0. The Bertz CT molecular complexity index is 544. The van der Waals surface area contributed by atoms with Crippen molar-refractivity contribution in [1.82, 2.24) is 9.96 Å². The van der Waals surface area contributed by atoms with Gasteiger partial charge in [-0.05, 0) is 12.0 Å². The number of carbonyl (C=O) groups excluding carboxylic acids is 1. The average Bonchev–Trinajstić information content (AvgIpc) is 2.64. The average molecular weight is 346 g/mol. The minimum absolute atomic E-state index is 0. The van der Waals surface area contributed by atoms with E-state index in [0.29, 0.717) is 18.1 Å². The molecule has 1 N–H and O–H groups in total. The predicted octanol–water partition coefficient (Wildman–Crippen LogP) is -3.06. The van der Waals surface area contributed by atoms with Gasteiger partial charge in [-0.3, -0.25) is 4.55 Å². The summed E-state index contributed by atoms with van der Waals surface area (Å²) in [6.07, 6.45) is 2.35. The zero-order valence-electron chi connectivity index (χ0n) is 13.8. The predicted molar refractivity (Wildman–Crippen MR) is 71.7 cm³/mol. The summed E-state index contributed by atoms with van der Waals surface area (Å²) in [4.78, 5) is 13.7. The molecule has 1 saturated heterocycles. The zero-order valence-corrected chi connectivity index (χ0v) is 15.6. The second-order valence-electron chi connectivity index (χ2n) is 4.79. The van der Waals surface area contributed by atoms with E-state index >= 15 is 0 Å². The molecule has 2 atom stereocenters. The van der Waals surface area contributed by atoms with E-state index < -0.39 is 22.5 Å². The first-order valence-electron chi connectivity index (χ1n) is 6.32. The molecule has 0 saturated carbocycles. The molecule has 2 aliphatic rings. The third-order valence-electron chi connectivity index (χ3n) is 3.42. The second-order valence-corrected chi connectivity index (χ2v) is 5.79. The summed E-state index contributed by atoms with van der Waals surface area (Å²) in [7, 11) is -1.66. The number of hydrogen-bond donors (Lipinski definition) is 1. The van der Waals surface area contributed by atoms with Gasteiger partial charge in [-0.2, -0.15) is 13.5 Å². The van der Waals surface area contributed by atoms with E-state index in [9.17, 15) is 13.2 Å². The molecule has 2 bridgehead atoms. The van der Waals surface area contributed by atoms with Gasteiger partial charge in [0.2, 0.25) is 0 Å². The molecule has 2 aliphatic heterocycles. The molecule has 22 heavy (non-hydrogen) atoms. The van der Waals surface area contributed by atoms with Crippen molar-refractivity contribution in [2.75, 3.05) is 34.0 Å². The number of nitrogens with zero attached hydrogens (tertiary/aromatic N) is 2. The number of rotatable bonds is 7. The van der Waals surface area contributed by atoms with Gasteiger partial charge < -0.3 is 15.8 Å². The van der Waals surface area contributed by atoms with E-state index in [-0.39, 0.29) is 50.2 Å². The molecule has 2 heterocycles. The van der Waals surface area contributed by atoms with Gasteiger partial charge >= 0.3 is 46.0 Å². The molecule has 0 unspecified atom stereocenters. The number of hydrogen-bond acceptors (Lipinski definition) is 6. The fraction of sp³-hybridized carbons (Fsp3) is 0.727. The van der Waals surface area contributed by atoms with Gasteiger partial charge in [0.1, 0.15) is 0 Å². The van der Waals surface area contributed by atoms with Crippen LogP contribution in [0.3, 0.4) is 0 Å². The fourth-order valence-corrected chi connectivity index (χ4v) is 2.95. The smallest absolute Gasteiger partial charge is 1.00 e. The van der Waals surface area contributed by atoms with Crippen LogP contribution in [0.5, 0.6) is 0 Å². The molecule has 2 amide bonds. The summed E-state index contributed by atoms with van der Waals surface area (Å²) in [6, 6.07) is -1.49. The Morgan fingerprint density at radius 1 is 1.41 bits per heavy atom. The molecule has 0 aliphatic carbocycles. The van der Waals surface area contributed by atoms with Crippen LogP contribution in [0.2, 0.25) is 0 Å². The Morgan fingerprint density at radius 2 is 2.09 bits per heavy atom. The van der Waals surface area contributed by atoms with E-state index in [0.717, 1.165) is 5.57 Å². The SMILES string of the molecule is COCCC1=C[C@@H]2CN(C(=O)N2OS(=O)(=O)O)[C@@H]1COC.[H-].[Na+]. The summed E-state index contributed by atoms with van der Waals surface area (Å²) in [5.41, 5.74) is 0.907. The van der Waals surface area contributed by atoms with Crippen molar-refractivity contribution in [2.45, 2.75) is 18.5 Å². The molecule has 0 radical (unpaired) electrons. The van der Waals surface area contributed by atoms with Crippen molar-refractivity contribution in [3.8, 4) is 0 Å². The van der Waals surface area contributed by atoms with E-state index in [1.807, 2.05) is 0 Å². The van der Waals surface area contributed by atoms with Crippen LogP contribution in [0.25, 0.3) is 0 Å². The number of methoxy groups -OCH3 is 2. The van der Waals surface area contributed by atoms with Crippen molar-refractivity contribution in [3.63, 3.8) is 0 Å². The van der Waals surface area contributed by atoms with Crippen molar-refractivity contribution in [1.29, 1.82) is 0 Å². The van der Waals surface area contributed by atoms with Gasteiger partial charge in [0.15, 0.2) is 0 Å². The topological polar surface area (TPSA) is 106 Å². The minimum Gasteiger partial charge on any atom is -1.00 e. The number of carbonyl (C=O) groups is 1. The molecule has 0 aromatic rings. The van der Waals surface area contributed by atoms with Crippen LogP contribution >= 0.6 is 0 Å². The minimum atomic E-state index is -4.75. The van der Waals surface area contributed by atoms with Crippen molar-refractivity contribution >= 4 is 16.4 Å². The Hall–Kier alpha value is -0.200. The van der Waals surface area contributed by atoms with Gasteiger partial charge in [-0.1, -0.05) is 6.08 Å². The third kappa shape index (κ3) is 4.42. The Labute approximate surface area is 152 Å². The van der Waals surface area contributed by atoms with Crippen molar-refractivity contribution in [2.24, 2.45) is 0 Å². The summed E-state index contributed by atoms with van der Waals surface area (Å²) in [5.74, 6) is 0. The number of ether oxygens (including phenoxy) is 2. The molecular weight excluding hydrogens is 327 g/mol. The third-order valence-corrected chi connectivity index (χ3v) is 3.77. The maximum Gasteiger partial charge on any atom is 1.00 e. The van der Waals surface area contributed by atoms with Gasteiger partial charge in [0.05, 0.1) is 18.7 Å². The molecule has 9 nitrogen and oxygen atoms in total. The Morgan fingerprint density at radius 3 is 2.64 bits per heavy atom. The van der Waals surface area contributed by atoms with E-state index in [1.165, 1.54) is 12.0 Å². The summed E-state index contributed by atoms with van der Waals surface area (Å²) < 4.78 is 45.0. The first-order valence-corrected chi connectivity index (χ1v) is 7.69. The quantitative estimate of drug-likeness (QED) is 0.296. The van der Waals surface area contributed by atoms with Gasteiger partial charge in [0.25, 0.3) is 0 Å². The number of amides is 2. The van der Waals surface area contributed by atoms with Crippen LogP contribution in [0.1, 0.15) is 7.85 Å². The monoisotopic (exact) mass is 346 g/mol. The van der Waals surface area contributed by atoms with Crippen molar-refractivity contribution < 1.29 is 62.5 Å². The second kappa shape index (κ2) is 8.06. The number of urea groups is 1. The van der Waals surface area contributed by atoms with Crippen molar-refractivity contribution in [3.05, 3.63) is 11.6 Å². The summed E-state index contributed by atoms with van der Waals surface area (Å²) in [5, 5.41) is 0.664. The molecule has 0 spiro atoms. The molecular formula is C11H19N2NaO7S. The first kappa shape index (κ1) is 19.8. The standard InChI is InChI=1S/C11H18N2O7S.Na.H/c1-18-4-3-8-5-9-6-12(10(8)7-19-2)11(14)13(9)20-21(15,16)17;;/h5,9-10H,3-4,6-7H2,1-2H3,(H,15,16,17);;/q;+1;-1/t9-,10-;;/m1../s1. The van der Waals surface area contributed by atoms with Crippen LogP contribution in [-0.2, 0) is 24.2 Å².